The minimum atomic E-state index is -3.81. The zero-order valence-electron chi connectivity index (χ0n) is 16.6. The Labute approximate surface area is 181 Å². The third kappa shape index (κ3) is 5.19. The molecule has 0 unspecified atom stereocenters. The number of nitrogens with zero attached hydrogens (tertiary/aromatic N) is 1. The zero-order valence-corrected chi connectivity index (χ0v) is 18.1. The van der Waals surface area contributed by atoms with Crippen molar-refractivity contribution in [3.8, 4) is 0 Å². The van der Waals surface area contributed by atoms with Crippen molar-refractivity contribution in [2.45, 2.75) is 31.1 Å². The summed E-state index contributed by atoms with van der Waals surface area (Å²) in [5.41, 5.74) is 1.51. The van der Waals surface area contributed by atoms with Gasteiger partial charge in [-0.2, -0.15) is 4.31 Å². The summed E-state index contributed by atoms with van der Waals surface area (Å²) in [5.74, 6) is -1.30. The Morgan fingerprint density at radius 2 is 1.80 bits per heavy atom. The zero-order chi connectivity index (χ0) is 21.7. The number of piperidine rings is 1. The fourth-order valence-electron chi connectivity index (χ4n) is 3.19. The van der Waals surface area contributed by atoms with Gasteiger partial charge in [-0.3, -0.25) is 4.79 Å². The van der Waals surface area contributed by atoms with E-state index in [-0.39, 0.29) is 15.5 Å². The number of aryl methyl sites for hydroxylation is 1. The predicted molar refractivity (Wildman–Crippen MR) is 114 cm³/mol. The Morgan fingerprint density at radius 1 is 1.10 bits per heavy atom. The van der Waals surface area contributed by atoms with Crippen LogP contribution in [0.25, 0.3) is 0 Å². The number of esters is 1. The maximum atomic E-state index is 12.9. The largest absolute Gasteiger partial charge is 0.452 e. The number of benzene rings is 2. The molecule has 0 aliphatic carbocycles. The van der Waals surface area contributed by atoms with Crippen LogP contribution in [-0.4, -0.2) is 44.3 Å². The van der Waals surface area contributed by atoms with Crippen LogP contribution in [0.5, 0.6) is 0 Å². The Bertz CT molecular complexity index is 1050. The number of nitrogens with one attached hydrogen (secondary N) is 1. The molecular weight excluding hydrogens is 428 g/mol. The molecular formula is C21H23ClN2O5S. The highest BCUT2D eigenvalue weighted by Gasteiger charge is 2.29. The molecule has 2 aromatic rings. The van der Waals surface area contributed by atoms with E-state index in [1.54, 1.807) is 12.1 Å². The standard InChI is InChI=1S/C21H23ClN2O5S/c1-15-7-3-4-8-18(15)23-20(25)14-29-21(26)16-9-10-17(22)19(13-16)30(27,28)24-11-5-2-6-12-24/h3-4,7-10,13H,2,5-6,11-12,14H2,1H3,(H,23,25). The summed E-state index contributed by atoms with van der Waals surface area (Å²) in [4.78, 5) is 24.3. The van der Waals surface area contributed by atoms with Crippen LogP contribution in [0.15, 0.2) is 47.4 Å². The van der Waals surface area contributed by atoms with Crippen LogP contribution in [0, 0.1) is 6.92 Å². The third-order valence-electron chi connectivity index (χ3n) is 4.85. The molecule has 1 heterocycles. The molecule has 0 aromatic heterocycles. The molecule has 0 radical (unpaired) electrons. The van der Waals surface area contributed by atoms with Gasteiger partial charge < -0.3 is 10.1 Å². The number of para-hydroxylation sites is 1. The summed E-state index contributed by atoms with van der Waals surface area (Å²) < 4.78 is 32.2. The number of carbonyl (C=O) groups excluding carboxylic acids is 2. The van der Waals surface area contributed by atoms with E-state index < -0.39 is 28.5 Å². The number of carbonyl (C=O) groups is 2. The highest BCUT2D eigenvalue weighted by molar-refractivity contribution is 7.89. The molecule has 7 nitrogen and oxygen atoms in total. The smallest absolute Gasteiger partial charge is 0.338 e. The van der Waals surface area contributed by atoms with E-state index in [1.165, 1.54) is 22.5 Å². The van der Waals surface area contributed by atoms with Crippen molar-refractivity contribution < 1.29 is 22.7 Å². The second kappa shape index (κ2) is 9.59. The molecule has 0 atom stereocenters. The van der Waals surface area contributed by atoms with Crippen molar-refractivity contribution in [3.05, 3.63) is 58.6 Å². The SMILES string of the molecule is Cc1ccccc1NC(=O)COC(=O)c1ccc(Cl)c(S(=O)(=O)N2CCCCC2)c1. The van der Waals surface area contributed by atoms with Gasteiger partial charge >= 0.3 is 5.97 Å². The molecule has 1 aliphatic heterocycles. The maximum Gasteiger partial charge on any atom is 0.338 e. The van der Waals surface area contributed by atoms with Gasteiger partial charge in [-0.25, -0.2) is 13.2 Å². The topological polar surface area (TPSA) is 92.8 Å². The van der Waals surface area contributed by atoms with E-state index >= 15 is 0 Å². The predicted octanol–water partition coefficient (Wildman–Crippen LogP) is 3.62. The molecule has 1 aliphatic rings. The van der Waals surface area contributed by atoms with E-state index in [9.17, 15) is 18.0 Å². The fourth-order valence-corrected chi connectivity index (χ4v) is 5.20. The van der Waals surface area contributed by atoms with Gasteiger partial charge in [0.1, 0.15) is 4.90 Å². The summed E-state index contributed by atoms with van der Waals surface area (Å²) in [6.07, 6.45) is 2.56. The van der Waals surface area contributed by atoms with Gasteiger partial charge in [0, 0.05) is 18.8 Å². The van der Waals surface area contributed by atoms with Crippen LogP contribution < -0.4 is 5.32 Å². The van der Waals surface area contributed by atoms with E-state index in [4.69, 9.17) is 16.3 Å². The minimum absolute atomic E-state index is 0.0127. The van der Waals surface area contributed by atoms with Gasteiger partial charge in [-0.1, -0.05) is 36.2 Å². The van der Waals surface area contributed by atoms with E-state index in [2.05, 4.69) is 5.32 Å². The first-order valence-electron chi connectivity index (χ1n) is 9.61. The molecule has 0 bridgehead atoms. The summed E-state index contributed by atoms with van der Waals surface area (Å²) >= 11 is 6.12. The van der Waals surface area contributed by atoms with Crippen molar-refractivity contribution in [1.82, 2.24) is 4.31 Å². The number of ether oxygens (including phenoxy) is 1. The maximum absolute atomic E-state index is 12.9. The number of amides is 1. The molecule has 1 saturated heterocycles. The average molecular weight is 451 g/mol. The van der Waals surface area contributed by atoms with E-state index in [1.807, 2.05) is 19.1 Å². The van der Waals surface area contributed by atoms with Crippen LogP contribution in [0.4, 0.5) is 5.69 Å². The highest BCUT2D eigenvalue weighted by Crippen LogP contribution is 2.28. The van der Waals surface area contributed by atoms with E-state index in [0.717, 1.165) is 24.8 Å². The van der Waals surface area contributed by atoms with Crippen LogP contribution >= 0.6 is 11.6 Å². The fraction of sp³-hybridized carbons (Fsp3) is 0.333. The van der Waals surface area contributed by atoms with Gasteiger partial charge in [0.05, 0.1) is 10.6 Å². The molecule has 0 spiro atoms. The lowest BCUT2D eigenvalue weighted by Gasteiger charge is -2.26. The molecule has 1 N–H and O–H groups in total. The molecule has 0 saturated carbocycles. The summed E-state index contributed by atoms with van der Waals surface area (Å²) in [6.45, 7) is 2.20. The molecule has 160 valence electrons. The molecule has 1 fully saturated rings. The normalized spacial score (nSPS) is 14.9. The minimum Gasteiger partial charge on any atom is -0.452 e. The first-order valence-corrected chi connectivity index (χ1v) is 11.4. The van der Waals surface area contributed by atoms with Crippen LogP contribution in [0.1, 0.15) is 35.2 Å². The number of rotatable bonds is 6. The summed E-state index contributed by atoms with van der Waals surface area (Å²) in [5, 5.41) is 2.70. The van der Waals surface area contributed by atoms with Crippen molar-refractivity contribution >= 4 is 39.2 Å². The Morgan fingerprint density at radius 3 is 2.50 bits per heavy atom. The Hall–Kier alpha value is -2.42. The lowest BCUT2D eigenvalue weighted by Crippen LogP contribution is -2.35. The quantitative estimate of drug-likeness (QED) is 0.678. The average Bonchev–Trinajstić information content (AvgIpc) is 2.74. The lowest BCUT2D eigenvalue weighted by atomic mass is 10.2. The van der Waals surface area contributed by atoms with Crippen molar-refractivity contribution in [2.75, 3.05) is 25.0 Å². The van der Waals surface area contributed by atoms with Gasteiger partial charge in [-0.15, -0.1) is 0 Å². The number of hydrogen-bond donors (Lipinski definition) is 1. The summed E-state index contributed by atoms with van der Waals surface area (Å²) in [7, 11) is -3.81. The Kier molecular flexibility index (Phi) is 7.12. The van der Waals surface area contributed by atoms with Crippen LogP contribution in [0.3, 0.4) is 0 Å². The number of sulfonamides is 1. The highest BCUT2D eigenvalue weighted by atomic mass is 35.5. The number of hydrogen-bond acceptors (Lipinski definition) is 5. The number of halogens is 1. The van der Waals surface area contributed by atoms with Crippen LogP contribution in [0.2, 0.25) is 5.02 Å². The number of anilines is 1. The monoisotopic (exact) mass is 450 g/mol. The first kappa shape index (κ1) is 22.3. The molecule has 1 amide bonds. The second-order valence-electron chi connectivity index (χ2n) is 7.05. The molecule has 3 rings (SSSR count). The second-order valence-corrected chi connectivity index (χ2v) is 9.36. The molecule has 2 aromatic carbocycles. The van der Waals surface area contributed by atoms with Gasteiger partial charge in [-0.05, 0) is 49.6 Å². The Balaban J connectivity index is 1.68. The van der Waals surface area contributed by atoms with Crippen molar-refractivity contribution in [2.24, 2.45) is 0 Å². The third-order valence-corrected chi connectivity index (χ3v) is 7.23. The molecule has 30 heavy (non-hydrogen) atoms. The summed E-state index contributed by atoms with van der Waals surface area (Å²) in [6, 6.07) is 11.1. The molecule has 9 heteroatoms. The van der Waals surface area contributed by atoms with E-state index in [0.29, 0.717) is 18.8 Å². The van der Waals surface area contributed by atoms with Gasteiger partial charge in [0.25, 0.3) is 5.91 Å². The van der Waals surface area contributed by atoms with Crippen molar-refractivity contribution in [3.63, 3.8) is 0 Å². The first-order chi connectivity index (χ1) is 14.3. The van der Waals surface area contributed by atoms with Gasteiger partial charge in [0.2, 0.25) is 10.0 Å². The van der Waals surface area contributed by atoms with Crippen molar-refractivity contribution in [1.29, 1.82) is 0 Å². The lowest BCUT2D eigenvalue weighted by molar-refractivity contribution is -0.119. The van der Waals surface area contributed by atoms with Crippen LogP contribution in [-0.2, 0) is 19.6 Å². The van der Waals surface area contributed by atoms with Gasteiger partial charge in [0.15, 0.2) is 6.61 Å².